The minimum absolute atomic E-state index is 0.0469. The lowest BCUT2D eigenvalue weighted by Crippen LogP contribution is -2.48. The van der Waals surface area contributed by atoms with E-state index in [1.807, 2.05) is 31.5 Å². The molecule has 1 fully saturated rings. The first kappa shape index (κ1) is 22.7. The number of carbonyl (C=O) groups excluding carboxylic acids is 1. The van der Waals surface area contributed by atoms with Crippen LogP contribution < -0.4 is 0 Å². The molecule has 0 aliphatic carbocycles. The molecule has 0 amide bonds. The highest BCUT2D eigenvalue weighted by molar-refractivity contribution is 7.89. The summed E-state index contributed by atoms with van der Waals surface area (Å²) in [5.41, 5.74) is 1.72. The minimum Gasteiger partial charge on any atom is -0.454 e. The Kier molecular flexibility index (Phi) is 6.26. The van der Waals surface area contributed by atoms with Crippen LogP contribution in [0.15, 0.2) is 47.4 Å². The van der Waals surface area contributed by atoms with Gasteiger partial charge in [0.1, 0.15) is 12.4 Å². The number of morpholine rings is 1. The van der Waals surface area contributed by atoms with Crippen LogP contribution in [0.3, 0.4) is 0 Å². The van der Waals surface area contributed by atoms with Crippen molar-refractivity contribution < 1.29 is 22.7 Å². The SMILES string of the molecule is C[C@H]1CN(S(=O)(=O)c2cccc(C(=O)OCc3nc4cc(Cl)ccc4n3C)c2)C[C@H](C)O1. The molecule has 1 aliphatic heterocycles. The maximum absolute atomic E-state index is 13.1. The van der Waals surface area contributed by atoms with Crippen LogP contribution in [0.4, 0.5) is 0 Å². The zero-order valence-corrected chi connectivity index (χ0v) is 19.6. The second-order valence-corrected chi connectivity index (χ2v) is 10.3. The summed E-state index contributed by atoms with van der Waals surface area (Å²) in [5.74, 6) is -0.0773. The van der Waals surface area contributed by atoms with Crippen molar-refractivity contribution in [1.82, 2.24) is 13.9 Å². The normalized spacial score (nSPS) is 19.9. The lowest BCUT2D eigenvalue weighted by molar-refractivity contribution is -0.0440. The predicted octanol–water partition coefficient (Wildman–Crippen LogP) is 3.38. The number of halogens is 1. The van der Waals surface area contributed by atoms with Crippen LogP contribution in [-0.2, 0) is 33.2 Å². The Labute approximate surface area is 191 Å². The van der Waals surface area contributed by atoms with E-state index in [1.165, 1.54) is 28.6 Å². The number of hydrogen-bond acceptors (Lipinski definition) is 6. The monoisotopic (exact) mass is 477 g/mol. The Hall–Kier alpha value is -2.46. The smallest absolute Gasteiger partial charge is 0.338 e. The van der Waals surface area contributed by atoms with Crippen molar-refractivity contribution in [2.45, 2.75) is 37.6 Å². The van der Waals surface area contributed by atoms with Crippen molar-refractivity contribution >= 4 is 38.6 Å². The van der Waals surface area contributed by atoms with E-state index in [0.29, 0.717) is 16.4 Å². The highest BCUT2D eigenvalue weighted by Gasteiger charge is 2.32. The molecule has 0 radical (unpaired) electrons. The molecule has 0 bridgehead atoms. The lowest BCUT2D eigenvalue weighted by Gasteiger charge is -2.34. The molecule has 2 aromatic carbocycles. The summed E-state index contributed by atoms with van der Waals surface area (Å²) in [4.78, 5) is 17.2. The molecule has 0 unspecified atom stereocenters. The van der Waals surface area contributed by atoms with Crippen LogP contribution in [0, 0.1) is 0 Å². The summed E-state index contributed by atoms with van der Waals surface area (Å²) in [6.07, 6.45) is -0.408. The molecule has 4 rings (SSSR count). The van der Waals surface area contributed by atoms with E-state index >= 15 is 0 Å². The van der Waals surface area contributed by atoms with E-state index in [0.717, 1.165) is 5.52 Å². The van der Waals surface area contributed by atoms with Crippen molar-refractivity contribution in [2.24, 2.45) is 7.05 Å². The van der Waals surface area contributed by atoms with E-state index < -0.39 is 16.0 Å². The molecule has 0 saturated carbocycles. The number of sulfonamides is 1. The topological polar surface area (TPSA) is 90.7 Å². The van der Waals surface area contributed by atoms with Gasteiger partial charge in [-0.15, -0.1) is 0 Å². The average Bonchev–Trinajstić information content (AvgIpc) is 3.06. The van der Waals surface area contributed by atoms with Crippen LogP contribution in [0.2, 0.25) is 5.02 Å². The maximum Gasteiger partial charge on any atom is 0.338 e. The van der Waals surface area contributed by atoms with Gasteiger partial charge < -0.3 is 14.0 Å². The quantitative estimate of drug-likeness (QED) is 0.523. The number of esters is 1. The van der Waals surface area contributed by atoms with Crippen LogP contribution in [-0.4, -0.2) is 53.5 Å². The molecule has 1 aliphatic rings. The van der Waals surface area contributed by atoms with Crippen LogP contribution in [0.1, 0.15) is 30.0 Å². The predicted molar refractivity (Wildman–Crippen MR) is 120 cm³/mol. The molecule has 32 heavy (non-hydrogen) atoms. The van der Waals surface area contributed by atoms with Crippen molar-refractivity contribution in [3.8, 4) is 0 Å². The molecular formula is C22H24ClN3O5S. The Morgan fingerprint density at radius 2 is 1.91 bits per heavy atom. The molecule has 8 nitrogen and oxygen atoms in total. The van der Waals surface area contributed by atoms with Gasteiger partial charge in [0.15, 0.2) is 0 Å². The van der Waals surface area contributed by atoms with E-state index in [9.17, 15) is 13.2 Å². The van der Waals surface area contributed by atoms with E-state index in [4.69, 9.17) is 21.1 Å². The molecule has 1 aromatic heterocycles. The fourth-order valence-corrected chi connectivity index (χ4v) is 5.63. The zero-order valence-electron chi connectivity index (χ0n) is 18.0. The van der Waals surface area contributed by atoms with Gasteiger partial charge in [0, 0.05) is 25.2 Å². The maximum atomic E-state index is 13.1. The largest absolute Gasteiger partial charge is 0.454 e. The minimum atomic E-state index is -3.76. The van der Waals surface area contributed by atoms with Gasteiger partial charge in [-0.3, -0.25) is 0 Å². The van der Waals surface area contributed by atoms with E-state index in [2.05, 4.69) is 4.98 Å². The molecule has 0 N–H and O–H groups in total. The summed E-state index contributed by atoms with van der Waals surface area (Å²) in [6.45, 7) is 4.13. The molecular weight excluding hydrogens is 454 g/mol. The molecule has 1 saturated heterocycles. The summed E-state index contributed by atoms with van der Waals surface area (Å²) >= 11 is 6.02. The Morgan fingerprint density at radius 1 is 1.19 bits per heavy atom. The Bertz CT molecular complexity index is 1260. The number of benzene rings is 2. The van der Waals surface area contributed by atoms with Gasteiger partial charge in [0.2, 0.25) is 10.0 Å². The average molecular weight is 478 g/mol. The number of aryl methyl sites for hydroxylation is 1. The lowest BCUT2D eigenvalue weighted by atomic mass is 10.2. The van der Waals surface area contributed by atoms with Gasteiger partial charge in [0.05, 0.1) is 33.7 Å². The van der Waals surface area contributed by atoms with Crippen LogP contribution >= 0.6 is 11.6 Å². The van der Waals surface area contributed by atoms with E-state index in [1.54, 1.807) is 12.1 Å². The van der Waals surface area contributed by atoms with Crippen molar-refractivity contribution in [1.29, 1.82) is 0 Å². The van der Waals surface area contributed by atoms with Gasteiger partial charge in [-0.1, -0.05) is 17.7 Å². The van der Waals surface area contributed by atoms with Crippen molar-refractivity contribution in [3.63, 3.8) is 0 Å². The Balaban J connectivity index is 1.51. The fourth-order valence-electron chi connectivity index (χ4n) is 3.82. The second-order valence-electron chi connectivity index (χ2n) is 7.90. The zero-order chi connectivity index (χ0) is 23.0. The highest BCUT2D eigenvalue weighted by Crippen LogP contribution is 2.23. The summed E-state index contributed by atoms with van der Waals surface area (Å²) < 4.78 is 40.5. The van der Waals surface area contributed by atoms with Crippen molar-refractivity contribution in [2.75, 3.05) is 13.1 Å². The molecule has 2 atom stereocenters. The third-order valence-electron chi connectivity index (χ3n) is 5.36. The molecule has 170 valence electrons. The molecule has 0 spiro atoms. The number of rotatable bonds is 5. The van der Waals surface area contributed by atoms with Gasteiger partial charge in [-0.05, 0) is 50.2 Å². The third kappa shape index (κ3) is 4.52. The number of aromatic nitrogens is 2. The number of ether oxygens (including phenoxy) is 2. The highest BCUT2D eigenvalue weighted by atomic mass is 35.5. The summed E-state index contributed by atoms with van der Waals surface area (Å²) in [5, 5.41) is 0.571. The number of fused-ring (bicyclic) bond motifs is 1. The number of imidazole rings is 1. The standard InChI is InChI=1S/C22H24ClN3O5S/c1-14-11-26(12-15(2)31-14)32(28,29)18-6-4-5-16(9-18)22(27)30-13-21-24-19-10-17(23)7-8-20(19)25(21)3/h4-10,14-15H,11-13H2,1-3H3/t14-,15-/m0/s1. The first-order valence-electron chi connectivity index (χ1n) is 10.2. The van der Waals surface area contributed by atoms with E-state index in [-0.39, 0.29) is 42.4 Å². The van der Waals surface area contributed by atoms with Gasteiger partial charge in [-0.2, -0.15) is 4.31 Å². The van der Waals surface area contributed by atoms with Gasteiger partial charge in [-0.25, -0.2) is 18.2 Å². The Morgan fingerprint density at radius 3 is 2.62 bits per heavy atom. The third-order valence-corrected chi connectivity index (χ3v) is 7.42. The molecule has 3 aromatic rings. The summed E-state index contributed by atoms with van der Waals surface area (Å²) in [7, 11) is -1.94. The number of carbonyl (C=O) groups is 1. The number of hydrogen-bond donors (Lipinski definition) is 0. The summed E-state index contributed by atoms with van der Waals surface area (Å²) in [6, 6.07) is 11.2. The van der Waals surface area contributed by atoms with Crippen LogP contribution in [0.25, 0.3) is 11.0 Å². The van der Waals surface area contributed by atoms with Gasteiger partial charge in [0.25, 0.3) is 0 Å². The molecule has 2 heterocycles. The van der Waals surface area contributed by atoms with Crippen molar-refractivity contribution in [3.05, 3.63) is 58.9 Å². The van der Waals surface area contributed by atoms with Gasteiger partial charge >= 0.3 is 5.97 Å². The van der Waals surface area contributed by atoms with Crippen LogP contribution in [0.5, 0.6) is 0 Å². The molecule has 10 heteroatoms. The fraction of sp³-hybridized carbons (Fsp3) is 0.364. The first-order chi connectivity index (χ1) is 15.1. The second kappa shape index (κ2) is 8.82. The first-order valence-corrected chi connectivity index (χ1v) is 12.0. The number of nitrogens with zero attached hydrogens (tertiary/aromatic N) is 3.